The Morgan fingerprint density at radius 2 is 1.89 bits per heavy atom. The summed E-state index contributed by atoms with van der Waals surface area (Å²) in [6.07, 6.45) is 0. The molecule has 1 aliphatic heterocycles. The van der Waals surface area contributed by atoms with Crippen LogP contribution in [-0.4, -0.2) is 13.1 Å². The Balaban J connectivity index is 1.71. The van der Waals surface area contributed by atoms with Crippen molar-refractivity contribution in [2.24, 2.45) is 23.2 Å². The third-order valence-electron chi connectivity index (χ3n) is 4.53. The molecule has 18 heavy (non-hydrogen) atoms. The van der Waals surface area contributed by atoms with E-state index < -0.39 is 0 Å². The zero-order valence-corrected chi connectivity index (χ0v) is 11.4. The highest BCUT2D eigenvalue weighted by atomic mass is 15.2. The SMILES string of the molecule is CC(C)(C)C1C2CN(c3cccc(C#N)c3)CC21. The highest BCUT2D eigenvalue weighted by Gasteiger charge is 2.59. The predicted octanol–water partition coefficient (Wildman–Crippen LogP) is 3.29. The van der Waals surface area contributed by atoms with Crippen LogP contribution in [0.4, 0.5) is 5.69 Å². The molecule has 2 atom stereocenters. The molecule has 0 N–H and O–H groups in total. The molecule has 0 radical (unpaired) electrons. The fraction of sp³-hybridized carbons (Fsp3) is 0.562. The van der Waals surface area contributed by atoms with Crippen LogP contribution in [0.1, 0.15) is 26.3 Å². The maximum absolute atomic E-state index is 8.95. The van der Waals surface area contributed by atoms with E-state index in [1.807, 2.05) is 18.2 Å². The molecule has 1 heterocycles. The fourth-order valence-corrected chi connectivity index (χ4v) is 3.79. The lowest BCUT2D eigenvalue weighted by atomic mass is 9.87. The zero-order chi connectivity index (χ0) is 12.9. The first kappa shape index (κ1) is 11.6. The highest BCUT2D eigenvalue weighted by Crippen LogP contribution is 2.60. The first-order valence-corrected chi connectivity index (χ1v) is 6.76. The number of rotatable bonds is 1. The van der Waals surface area contributed by atoms with Crippen molar-refractivity contribution in [1.29, 1.82) is 5.26 Å². The van der Waals surface area contributed by atoms with Crippen LogP contribution in [0.3, 0.4) is 0 Å². The van der Waals surface area contributed by atoms with Gasteiger partial charge < -0.3 is 4.90 Å². The summed E-state index contributed by atoms with van der Waals surface area (Å²) < 4.78 is 0. The minimum atomic E-state index is 0.454. The van der Waals surface area contributed by atoms with Gasteiger partial charge >= 0.3 is 0 Å². The largest absolute Gasteiger partial charge is 0.371 e. The summed E-state index contributed by atoms with van der Waals surface area (Å²) in [5.41, 5.74) is 2.44. The van der Waals surface area contributed by atoms with Crippen LogP contribution in [0.15, 0.2) is 24.3 Å². The smallest absolute Gasteiger partial charge is 0.0992 e. The molecule has 2 heteroatoms. The number of fused-ring (bicyclic) bond motifs is 1. The number of hydrogen-bond acceptors (Lipinski definition) is 2. The third-order valence-corrected chi connectivity index (χ3v) is 4.53. The van der Waals surface area contributed by atoms with Crippen LogP contribution >= 0.6 is 0 Å². The molecule has 2 aliphatic rings. The lowest BCUT2D eigenvalue weighted by Gasteiger charge is -2.27. The van der Waals surface area contributed by atoms with Gasteiger partial charge in [0.15, 0.2) is 0 Å². The van der Waals surface area contributed by atoms with E-state index in [4.69, 9.17) is 5.26 Å². The minimum absolute atomic E-state index is 0.454. The number of benzene rings is 1. The third kappa shape index (κ3) is 1.79. The Hall–Kier alpha value is -1.49. The van der Waals surface area contributed by atoms with Gasteiger partial charge in [-0.15, -0.1) is 0 Å². The normalized spacial score (nSPS) is 29.9. The maximum Gasteiger partial charge on any atom is 0.0992 e. The molecule has 0 amide bonds. The second-order valence-corrected chi connectivity index (χ2v) is 6.79. The molecule has 1 saturated carbocycles. The maximum atomic E-state index is 8.95. The summed E-state index contributed by atoms with van der Waals surface area (Å²) in [7, 11) is 0. The quantitative estimate of drug-likeness (QED) is 0.753. The molecular formula is C16H20N2. The van der Waals surface area contributed by atoms with Crippen molar-refractivity contribution in [3.63, 3.8) is 0 Å². The summed E-state index contributed by atoms with van der Waals surface area (Å²) >= 11 is 0. The Morgan fingerprint density at radius 3 is 2.44 bits per heavy atom. The van der Waals surface area contributed by atoms with E-state index in [1.54, 1.807) is 0 Å². The summed E-state index contributed by atoms with van der Waals surface area (Å²) in [5.74, 6) is 2.64. The van der Waals surface area contributed by atoms with Gasteiger partial charge in [0.25, 0.3) is 0 Å². The van der Waals surface area contributed by atoms with Crippen LogP contribution < -0.4 is 4.90 Å². The van der Waals surface area contributed by atoms with Gasteiger partial charge in [-0.3, -0.25) is 0 Å². The molecule has 0 aromatic heterocycles. The van der Waals surface area contributed by atoms with E-state index in [0.29, 0.717) is 5.41 Å². The molecule has 1 saturated heterocycles. The van der Waals surface area contributed by atoms with E-state index >= 15 is 0 Å². The predicted molar refractivity (Wildman–Crippen MR) is 73.3 cm³/mol. The average Bonchev–Trinajstić information content (AvgIpc) is 2.87. The number of anilines is 1. The van der Waals surface area contributed by atoms with Crippen LogP contribution in [0.25, 0.3) is 0 Å². The van der Waals surface area contributed by atoms with Gasteiger partial charge in [0.1, 0.15) is 0 Å². The second kappa shape index (κ2) is 3.75. The van der Waals surface area contributed by atoms with Crippen molar-refractivity contribution in [3.8, 4) is 6.07 Å². The first-order valence-electron chi connectivity index (χ1n) is 6.76. The van der Waals surface area contributed by atoms with Gasteiger partial charge in [-0.1, -0.05) is 26.8 Å². The number of nitriles is 1. The topological polar surface area (TPSA) is 27.0 Å². The molecule has 2 fully saturated rings. The standard InChI is InChI=1S/C16H20N2/c1-16(2,3)15-13-9-18(10-14(13)15)12-6-4-5-11(7-12)8-17/h4-7,13-15H,9-10H2,1-3H3. The molecule has 1 aromatic carbocycles. The van der Waals surface area contributed by atoms with Gasteiger partial charge in [0.05, 0.1) is 11.6 Å². The molecule has 2 nitrogen and oxygen atoms in total. The first-order chi connectivity index (χ1) is 8.50. The van der Waals surface area contributed by atoms with Crippen molar-refractivity contribution in [2.45, 2.75) is 20.8 Å². The van der Waals surface area contributed by atoms with Crippen molar-refractivity contribution >= 4 is 5.69 Å². The monoisotopic (exact) mass is 240 g/mol. The average molecular weight is 240 g/mol. The molecule has 94 valence electrons. The van der Waals surface area contributed by atoms with E-state index in [0.717, 1.165) is 23.3 Å². The summed E-state index contributed by atoms with van der Waals surface area (Å²) in [5, 5.41) is 8.95. The number of piperidine rings is 1. The highest BCUT2D eigenvalue weighted by molar-refractivity contribution is 5.53. The van der Waals surface area contributed by atoms with Crippen molar-refractivity contribution in [1.82, 2.24) is 0 Å². The van der Waals surface area contributed by atoms with Gasteiger partial charge in [0.2, 0.25) is 0 Å². The van der Waals surface area contributed by atoms with Gasteiger partial charge in [-0.2, -0.15) is 5.26 Å². The molecule has 2 unspecified atom stereocenters. The van der Waals surface area contributed by atoms with E-state index in [1.165, 1.54) is 18.8 Å². The molecule has 1 aliphatic carbocycles. The second-order valence-electron chi connectivity index (χ2n) is 6.79. The van der Waals surface area contributed by atoms with E-state index in [-0.39, 0.29) is 0 Å². The van der Waals surface area contributed by atoms with E-state index in [9.17, 15) is 0 Å². The van der Waals surface area contributed by atoms with Gasteiger partial charge in [-0.05, 0) is 41.4 Å². The molecule has 0 bridgehead atoms. The van der Waals surface area contributed by atoms with Crippen LogP contribution in [0.2, 0.25) is 0 Å². The van der Waals surface area contributed by atoms with Gasteiger partial charge in [-0.25, -0.2) is 0 Å². The Bertz CT molecular complexity index is 495. The minimum Gasteiger partial charge on any atom is -0.371 e. The van der Waals surface area contributed by atoms with Crippen LogP contribution in [0, 0.1) is 34.5 Å². The van der Waals surface area contributed by atoms with Gasteiger partial charge in [0, 0.05) is 18.8 Å². The lowest BCUT2D eigenvalue weighted by Crippen LogP contribution is -2.27. The number of hydrogen-bond donors (Lipinski definition) is 0. The Labute approximate surface area is 109 Å². The van der Waals surface area contributed by atoms with Crippen molar-refractivity contribution in [2.75, 3.05) is 18.0 Å². The van der Waals surface area contributed by atoms with Crippen molar-refractivity contribution in [3.05, 3.63) is 29.8 Å². The van der Waals surface area contributed by atoms with Crippen LogP contribution in [-0.2, 0) is 0 Å². The molecule has 0 spiro atoms. The Kier molecular flexibility index (Phi) is 2.41. The van der Waals surface area contributed by atoms with Crippen molar-refractivity contribution < 1.29 is 0 Å². The van der Waals surface area contributed by atoms with Crippen LogP contribution in [0.5, 0.6) is 0 Å². The fourth-order valence-electron chi connectivity index (χ4n) is 3.79. The summed E-state index contributed by atoms with van der Waals surface area (Å²) in [6.45, 7) is 9.41. The molecule has 3 rings (SSSR count). The van der Waals surface area contributed by atoms with E-state index in [2.05, 4.69) is 37.8 Å². The zero-order valence-electron chi connectivity index (χ0n) is 11.4. The number of nitrogens with zero attached hydrogens (tertiary/aromatic N) is 2. The molecule has 1 aromatic rings. The molecular weight excluding hydrogens is 220 g/mol. The Morgan fingerprint density at radius 1 is 1.22 bits per heavy atom. The lowest BCUT2D eigenvalue weighted by molar-refractivity contribution is 0.309. The summed E-state index contributed by atoms with van der Waals surface area (Å²) in [6, 6.07) is 10.2. The summed E-state index contributed by atoms with van der Waals surface area (Å²) in [4.78, 5) is 2.44.